The summed E-state index contributed by atoms with van der Waals surface area (Å²) in [6.45, 7) is 0. The van der Waals surface area contributed by atoms with Gasteiger partial charge < -0.3 is 0 Å². The molecule has 1 aromatic rings. The molecule has 5 heteroatoms. The van der Waals surface area contributed by atoms with Crippen molar-refractivity contribution in [1.82, 2.24) is 25.8 Å². The number of hydrogen-bond acceptors (Lipinski definition) is 4. The maximum Gasteiger partial charge on any atom is 0.0514 e. The zero-order valence-corrected chi connectivity index (χ0v) is 11.5. The minimum absolute atomic E-state index is 1.53. The lowest BCUT2D eigenvalue weighted by Gasteiger charge is -1.68. The van der Waals surface area contributed by atoms with Crippen molar-refractivity contribution in [3.05, 3.63) is 97.3 Å². The Morgan fingerprint density at radius 3 is 1.43 bits per heavy atom. The van der Waals surface area contributed by atoms with Crippen LogP contribution < -0.4 is 0 Å². The Hall–Kier alpha value is -3.08. The number of rotatable bonds is 0. The van der Waals surface area contributed by atoms with E-state index in [1.807, 2.05) is 72.8 Å². The summed E-state index contributed by atoms with van der Waals surface area (Å²) in [4.78, 5) is 0. The van der Waals surface area contributed by atoms with Crippen LogP contribution >= 0.6 is 0 Å². The minimum atomic E-state index is 1.53. The van der Waals surface area contributed by atoms with Gasteiger partial charge >= 0.3 is 0 Å². The molecule has 21 heavy (non-hydrogen) atoms. The Kier molecular flexibility index (Phi) is 10.2. The lowest BCUT2D eigenvalue weighted by atomic mass is 10.4. The van der Waals surface area contributed by atoms with E-state index in [1.54, 1.807) is 18.3 Å². The molecule has 1 aromatic heterocycles. The molecule has 0 saturated heterocycles. The second-order valence-electron chi connectivity index (χ2n) is 3.53. The van der Waals surface area contributed by atoms with Gasteiger partial charge in [-0.15, -0.1) is 5.10 Å². The van der Waals surface area contributed by atoms with Gasteiger partial charge in [0.15, 0.2) is 0 Å². The summed E-state index contributed by atoms with van der Waals surface area (Å²) in [6.07, 6.45) is 3.09. The maximum absolute atomic E-state index is 3.78. The lowest BCUT2D eigenvalue weighted by molar-refractivity contribution is 0.733. The summed E-state index contributed by atoms with van der Waals surface area (Å²) < 4.78 is 0. The zero-order valence-electron chi connectivity index (χ0n) is 11.5. The van der Waals surface area contributed by atoms with Crippen LogP contribution in [0.1, 0.15) is 0 Å². The van der Waals surface area contributed by atoms with E-state index in [2.05, 4.69) is 25.8 Å². The molecular formula is C16H17N5. The SMILES string of the molecule is c1ccccccccn[nH]nnnccccccc1. The third-order valence-corrected chi connectivity index (χ3v) is 1.96. The smallest absolute Gasteiger partial charge is 0.0514 e. The van der Waals surface area contributed by atoms with E-state index in [9.17, 15) is 0 Å². The van der Waals surface area contributed by atoms with Crippen LogP contribution in [-0.4, -0.2) is 25.8 Å². The highest BCUT2D eigenvalue weighted by Crippen LogP contribution is 1.78. The Morgan fingerprint density at radius 2 is 0.905 bits per heavy atom. The van der Waals surface area contributed by atoms with E-state index in [0.717, 1.165) is 0 Å². The van der Waals surface area contributed by atoms with Gasteiger partial charge in [-0.3, -0.25) is 0 Å². The predicted molar refractivity (Wildman–Crippen MR) is 82.5 cm³/mol. The molecule has 0 aliphatic heterocycles. The molecule has 0 amide bonds. The number of nitrogens with one attached hydrogen (secondary N) is 1. The van der Waals surface area contributed by atoms with Crippen LogP contribution in [0.5, 0.6) is 0 Å². The van der Waals surface area contributed by atoms with Crippen LogP contribution in [0, 0.1) is 0 Å². The van der Waals surface area contributed by atoms with Crippen LogP contribution in [0.3, 0.4) is 0 Å². The van der Waals surface area contributed by atoms with Crippen LogP contribution in [0.25, 0.3) is 0 Å². The molecule has 1 heterocycles. The molecule has 0 fully saturated rings. The van der Waals surface area contributed by atoms with Gasteiger partial charge in [0.2, 0.25) is 0 Å². The highest BCUT2D eigenvalue weighted by atomic mass is 15.5. The van der Waals surface area contributed by atoms with Crippen molar-refractivity contribution in [2.75, 3.05) is 0 Å². The normalized spacial score (nSPS) is 8.00. The fraction of sp³-hybridized carbons (Fsp3) is 0. The monoisotopic (exact) mass is 279 g/mol. The average molecular weight is 279 g/mol. The highest BCUT2D eigenvalue weighted by molar-refractivity contribution is 4.97. The molecule has 0 unspecified atom stereocenters. The zero-order chi connectivity index (χ0) is 14.8. The molecule has 0 aliphatic rings. The number of nitrogens with zero attached hydrogens (tertiary/aromatic N) is 4. The molecule has 0 spiro atoms. The van der Waals surface area contributed by atoms with Gasteiger partial charge in [-0.1, -0.05) is 72.8 Å². The van der Waals surface area contributed by atoms with E-state index >= 15 is 0 Å². The topological polar surface area (TPSA) is 67.3 Å². The summed E-state index contributed by atoms with van der Waals surface area (Å²) in [5.74, 6) is 0. The van der Waals surface area contributed by atoms with Crippen molar-refractivity contribution in [3.63, 3.8) is 0 Å². The van der Waals surface area contributed by atoms with Gasteiger partial charge in [0, 0.05) is 6.20 Å². The highest BCUT2D eigenvalue weighted by Gasteiger charge is 1.59. The second-order valence-corrected chi connectivity index (χ2v) is 3.53. The predicted octanol–water partition coefficient (Wildman–Crippen LogP) is 3.09. The number of aromatic nitrogens is 5. The van der Waals surface area contributed by atoms with Gasteiger partial charge in [-0.2, -0.15) is 10.3 Å². The summed E-state index contributed by atoms with van der Waals surface area (Å²) in [5, 5.41) is 16.9. The average Bonchev–Trinajstić information content (AvgIpc) is 2.50. The Labute approximate surface area is 124 Å². The lowest BCUT2D eigenvalue weighted by Crippen LogP contribution is -1.83. The molecule has 0 aliphatic carbocycles. The van der Waals surface area contributed by atoms with Crippen molar-refractivity contribution in [2.45, 2.75) is 0 Å². The molecule has 5 nitrogen and oxygen atoms in total. The largest absolute Gasteiger partial charge is 0.178 e. The first-order valence-corrected chi connectivity index (χ1v) is 6.36. The molecule has 1 rings (SSSR count). The third kappa shape index (κ3) is 11.7. The summed E-state index contributed by atoms with van der Waals surface area (Å²) in [7, 11) is 0. The van der Waals surface area contributed by atoms with E-state index in [4.69, 9.17) is 0 Å². The third-order valence-electron chi connectivity index (χ3n) is 1.96. The number of hydrogen-bond donors (Lipinski definition) is 1. The van der Waals surface area contributed by atoms with Gasteiger partial charge in [0.05, 0.1) is 6.20 Å². The van der Waals surface area contributed by atoms with Crippen molar-refractivity contribution >= 4 is 0 Å². The Balaban J connectivity index is 3.01. The molecule has 0 atom stereocenters. The van der Waals surface area contributed by atoms with Crippen molar-refractivity contribution < 1.29 is 0 Å². The van der Waals surface area contributed by atoms with Crippen LogP contribution in [0.2, 0.25) is 0 Å². The molecule has 1 N–H and O–H groups in total. The van der Waals surface area contributed by atoms with Gasteiger partial charge in [0.25, 0.3) is 0 Å². The van der Waals surface area contributed by atoms with Crippen molar-refractivity contribution in [2.24, 2.45) is 0 Å². The molecular weight excluding hydrogens is 262 g/mol. The summed E-state index contributed by atoms with van der Waals surface area (Å²) >= 11 is 0. The van der Waals surface area contributed by atoms with Crippen LogP contribution in [0.4, 0.5) is 0 Å². The standard InChI is InChI=1S/C16H17N5/c1-2-4-6-8-10-12-14-16-18-20-21-19-17-15-13-11-9-7-5-3-1/h1-16H,(H,19,20). The fourth-order valence-corrected chi connectivity index (χ4v) is 1.09. The van der Waals surface area contributed by atoms with Crippen LogP contribution in [-0.2, 0) is 0 Å². The molecule has 0 aromatic carbocycles. The van der Waals surface area contributed by atoms with E-state index in [0.29, 0.717) is 0 Å². The maximum atomic E-state index is 3.78. The quantitative estimate of drug-likeness (QED) is 0.792. The molecule has 0 saturated carbocycles. The minimum Gasteiger partial charge on any atom is -0.178 e. The molecule has 0 radical (unpaired) electrons. The summed E-state index contributed by atoms with van der Waals surface area (Å²) in [5.41, 5.74) is 0. The Morgan fingerprint density at radius 1 is 0.476 bits per heavy atom. The first-order chi connectivity index (χ1) is 10.5. The van der Waals surface area contributed by atoms with E-state index < -0.39 is 0 Å². The van der Waals surface area contributed by atoms with Crippen molar-refractivity contribution in [3.8, 4) is 0 Å². The number of aromatic amines is 1. The van der Waals surface area contributed by atoms with E-state index in [1.165, 1.54) is 6.20 Å². The first-order valence-electron chi connectivity index (χ1n) is 6.36. The molecule has 0 bridgehead atoms. The van der Waals surface area contributed by atoms with Gasteiger partial charge in [-0.05, 0) is 22.6 Å². The van der Waals surface area contributed by atoms with E-state index in [-0.39, 0.29) is 0 Å². The molecule has 106 valence electrons. The van der Waals surface area contributed by atoms with Gasteiger partial charge in [0.1, 0.15) is 0 Å². The number of H-pyrrole nitrogens is 1. The van der Waals surface area contributed by atoms with Crippen LogP contribution in [0.15, 0.2) is 97.3 Å². The second kappa shape index (κ2) is 13.4. The van der Waals surface area contributed by atoms with Gasteiger partial charge in [-0.25, -0.2) is 0 Å². The first kappa shape index (κ1) is 16.0. The fourth-order valence-electron chi connectivity index (χ4n) is 1.09. The van der Waals surface area contributed by atoms with Crippen molar-refractivity contribution in [1.29, 1.82) is 0 Å². The Bertz CT molecular complexity index is 368. The summed E-state index contributed by atoms with van der Waals surface area (Å²) in [6, 6.07) is 26.5.